The van der Waals surface area contributed by atoms with Crippen LogP contribution in [0, 0.1) is 0 Å². The number of nitrogens with one attached hydrogen (secondary N) is 3. The van der Waals surface area contributed by atoms with Crippen molar-refractivity contribution in [3.05, 3.63) is 59.1 Å². The lowest BCUT2D eigenvalue weighted by Gasteiger charge is -2.42. The highest BCUT2D eigenvalue weighted by molar-refractivity contribution is 6.30. The second-order valence-corrected chi connectivity index (χ2v) is 7.29. The first-order chi connectivity index (χ1) is 12.3. The Labute approximate surface area is 153 Å². The lowest BCUT2D eigenvalue weighted by molar-refractivity contribution is 0.391. The number of benzene rings is 2. The van der Waals surface area contributed by atoms with Crippen LogP contribution in [0.4, 0.5) is 11.4 Å². The van der Waals surface area contributed by atoms with E-state index in [0.717, 1.165) is 40.6 Å². The summed E-state index contributed by atoms with van der Waals surface area (Å²) in [5, 5.41) is 4.52. The van der Waals surface area contributed by atoms with Crippen molar-refractivity contribution in [2.45, 2.75) is 44.2 Å². The predicted molar refractivity (Wildman–Crippen MR) is 104 cm³/mol. The van der Waals surface area contributed by atoms with Crippen LogP contribution in [-0.4, -0.2) is 11.4 Å². The molecule has 1 saturated carbocycles. The van der Waals surface area contributed by atoms with Gasteiger partial charge in [0.25, 0.3) is 0 Å². The first-order valence-electron chi connectivity index (χ1n) is 8.95. The summed E-state index contributed by atoms with van der Waals surface area (Å²) in [7, 11) is 0. The van der Waals surface area contributed by atoms with Gasteiger partial charge in [-0.2, -0.15) is 0 Å². The van der Waals surface area contributed by atoms with Crippen LogP contribution >= 0.6 is 11.6 Å². The van der Waals surface area contributed by atoms with Crippen molar-refractivity contribution in [2.24, 2.45) is 4.99 Å². The summed E-state index contributed by atoms with van der Waals surface area (Å²) in [4.78, 5) is 4.93. The molecule has 0 saturated heterocycles. The van der Waals surface area contributed by atoms with Gasteiger partial charge in [-0.1, -0.05) is 55.1 Å². The minimum Gasteiger partial charge on any atom is -0.371 e. The smallest absolute Gasteiger partial charge is 0.142 e. The monoisotopic (exact) mass is 354 g/mol. The molecule has 0 atom stereocenters. The molecule has 5 heteroatoms. The Kier molecular flexibility index (Phi) is 4.64. The third-order valence-electron chi connectivity index (χ3n) is 5.06. The molecule has 0 aromatic heterocycles. The van der Waals surface area contributed by atoms with E-state index >= 15 is 0 Å². The van der Waals surface area contributed by atoms with E-state index in [4.69, 9.17) is 16.6 Å². The molecular weight excluding hydrogens is 332 g/mol. The van der Waals surface area contributed by atoms with E-state index in [1.54, 1.807) is 0 Å². The number of hydrogen-bond donors (Lipinski definition) is 3. The molecular formula is C20H23ClN4. The maximum Gasteiger partial charge on any atom is 0.142 e. The SMILES string of the molecule is Clc1cccc(CNNC2=Nc3ccccc3NC23CCCCC3)c1. The van der Waals surface area contributed by atoms with Crippen molar-refractivity contribution in [2.75, 3.05) is 5.32 Å². The van der Waals surface area contributed by atoms with Crippen molar-refractivity contribution in [1.29, 1.82) is 0 Å². The first kappa shape index (κ1) is 16.4. The lowest BCUT2D eigenvalue weighted by Crippen LogP contribution is -2.57. The van der Waals surface area contributed by atoms with E-state index in [-0.39, 0.29) is 5.54 Å². The van der Waals surface area contributed by atoms with E-state index in [2.05, 4.69) is 40.4 Å². The summed E-state index contributed by atoms with van der Waals surface area (Å²) in [6, 6.07) is 16.2. The maximum absolute atomic E-state index is 6.06. The van der Waals surface area contributed by atoms with E-state index < -0.39 is 0 Å². The molecule has 2 aliphatic rings. The standard InChI is InChI=1S/C20H23ClN4/c21-16-8-6-7-15(13-16)14-22-25-19-20(11-4-1-5-12-20)24-18-10-3-2-9-17(18)23-19/h2-3,6-10,13,22,24H,1,4-5,11-12,14H2,(H,23,25). The zero-order valence-corrected chi connectivity index (χ0v) is 14.9. The quantitative estimate of drug-likeness (QED) is 0.694. The van der Waals surface area contributed by atoms with Crippen LogP contribution in [0.1, 0.15) is 37.7 Å². The lowest BCUT2D eigenvalue weighted by atomic mass is 9.79. The molecule has 1 aliphatic carbocycles. The number of anilines is 1. The number of aliphatic imine (C=N–C) groups is 1. The predicted octanol–water partition coefficient (Wildman–Crippen LogP) is 4.79. The van der Waals surface area contributed by atoms with Gasteiger partial charge in [-0.3, -0.25) is 0 Å². The van der Waals surface area contributed by atoms with Gasteiger partial charge in [-0.15, -0.1) is 0 Å². The summed E-state index contributed by atoms with van der Waals surface area (Å²) in [6.07, 6.45) is 5.96. The number of fused-ring (bicyclic) bond motifs is 1. The Morgan fingerprint density at radius 3 is 2.72 bits per heavy atom. The molecule has 4 nitrogen and oxygen atoms in total. The number of para-hydroxylation sites is 2. The summed E-state index contributed by atoms with van der Waals surface area (Å²) >= 11 is 6.06. The summed E-state index contributed by atoms with van der Waals surface area (Å²) in [6.45, 7) is 0.692. The average molecular weight is 355 g/mol. The molecule has 1 spiro atoms. The third-order valence-corrected chi connectivity index (χ3v) is 5.29. The fraction of sp³-hybridized carbons (Fsp3) is 0.350. The van der Waals surface area contributed by atoms with Gasteiger partial charge in [0, 0.05) is 11.6 Å². The van der Waals surface area contributed by atoms with Crippen LogP contribution in [0.15, 0.2) is 53.5 Å². The molecule has 0 radical (unpaired) electrons. The molecule has 0 amide bonds. The van der Waals surface area contributed by atoms with Crippen LogP contribution in [0.3, 0.4) is 0 Å². The fourth-order valence-electron chi connectivity index (χ4n) is 3.76. The number of hydrogen-bond acceptors (Lipinski definition) is 4. The van der Waals surface area contributed by atoms with Crippen LogP contribution in [0.25, 0.3) is 0 Å². The molecule has 1 fully saturated rings. The van der Waals surface area contributed by atoms with Crippen LogP contribution in [0.5, 0.6) is 0 Å². The average Bonchev–Trinajstić information content (AvgIpc) is 2.63. The van der Waals surface area contributed by atoms with Crippen molar-refractivity contribution in [3.63, 3.8) is 0 Å². The number of nitrogens with zero attached hydrogens (tertiary/aromatic N) is 1. The minimum atomic E-state index is -0.0893. The molecule has 2 aromatic rings. The number of amidine groups is 1. The molecule has 3 N–H and O–H groups in total. The van der Waals surface area contributed by atoms with Gasteiger partial charge in [0.15, 0.2) is 0 Å². The molecule has 0 unspecified atom stereocenters. The van der Waals surface area contributed by atoms with Crippen LogP contribution in [-0.2, 0) is 6.54 Å². The molecule has 2 aromatic carbocycles. The van der Waals surface area contributed by atoms with Gasteiger partial charge < -0.3 is 10.7 Å². The second-order valence-electron chi connectivity index (χ2n) is 6.85. The van der Waals surface area contributed by atoms with Crippen molar-refractivity contribution >= 4 is 28.8 Å². The molecule has 1 heterocycles. The Morgan fingerprint density at radius 1 is 1.04 bits per heavy atom. The zero-order chi connectivity index (χ0) is 17.1. The van der Waals surface area contributed by atoms with Crippen LogP contribution in [0.2, 0.25) is 5.02 Å². The van der Waals surface area contributed by atoms with E-state index in [1.165, 1.54) is 19.3 Å². The fourth-order valence-corrected chi connectivity index (χ4v) is 3.98. The minimum absolute atomic E-state index is 0.0893. The summed E-state index contributed by atoms with van der Waals surface area (Å²) in [5.41, 5.74) is 9.88. The Morgan fingerprint density at radius 2 is 1.88 bits per heavy atom. The topological polar surface area (TPSA) is 48.5 Å². The summed E-state index contributed by atoms with van der Waals surface area (Å²) < 4.78 is 0. The van der Waals surface area contributed by atoms with Gasteiger partial charge in [0.1, 0.15) is 5.84 Å². The van der Waals surface area contributed by atoms with Crippen molar-refractivity contribution in [1.82, 2.24) is 10.9 Å². The van der Waals surface area contributed by atoms with Crippen molar-refractivity contribution in [3.8, 4) is 0 Å². The number of hydrazine groups is 1. The molecule has 25 heavy (non-hydrogen) atoms. The first-order valence-corrected chi connectivity index (χ1v) is 9.33. The van der Waals surface area contributed by atoms with Gasteiger partial charge >= 0.3 is 0 Å². The zero-order valence-electron chi connectivity index (χ0n) is 14.2. The van der Waals surface area contributed by atoms with Gasteiger partial charge in [0.2, 0.25) is 0 Å². The highest BCUT2D eigenvalue weighted by atomic mass is 35.5. The normalized spacial score (nSPS) is 18.2. The molecule has 130 valence electrons. The number of halogens is 1. The van der Waals surface area contributed by atoms with E-state index in [0.29, 0.717) is 6.54 Å². The second kappa shape index (κ2) is 7.06. The van der Waals surface area contributed by atoms with Gasteiger partial charge in [-0.25, -0.2) is 10.4 Å². The molecule has 4 rings (SSSR count). The largest absolute Gasteiger partial charge is 0.371 e. The Bertz CT molecular complexity index is 781. The van der Waals surface area contributed by atoms with E-state index in [1.807, 2.05) is 24.3 Å². The van der Waals surface area contributed by atoms with Gasteiger partial charge in [-0.05, 0) is 42.7 Å². The van der Waals surface area contributed by atoms with Gasteiger partial charge in [0.05, 0.1) is 16.9 Å². The van der Waals surface area contributed by atoms with Crippen LogP contribution < -0.4 is 16.2 Å². The Hall–Kier alpha value is -2.04. The highest BCUT2D eigenvalue weighted by Gasteiger charge is 2.40. The Balaban J connectivity index is 1.53. The third kappa shape index (κ3) is 3.51. The highest BCUT2D eigenvalue weighted by Crippen LogP contribution is 2.39. The van der Waals surface area contributed by atoms with E-state index in [9.17, 15) is 0 Å². The number of rotatable bonds is 3. The molecule has 1 aliphatic heterocycles. The molecule has 0 bridgehead atoms. The van der Waals surface area contributed by atoms with Crippen molar-refractivity contribution < 1.29 is 0 Å². The maximum atomic E-state index is 6.06. The summed E-state index contributed by atoms with van der Waals surface area (Å²) in [5.74, 6) is 0.993.